The molecule has 0 aliphatic carbocycles. The van der Waals surface area contributed by atoms with Crippen LogP contribution in [0.25, 0.3) is 0 Å². The lowest BCUT2D eigenvalue weighted by Crippen LogP contribution is -1.97. The minimum atomic E-state index is -0.356. The van der Waals surface area contributed by atoms with Crippen LogP contribution in [-0.4, -0.2) is 12.9 Å². The number of benzene rings is 2. The Morgan fingerprint density at radius 2 is 2.00 bits per heavy atom. The zero-order valence-corrected chi connectivity index (χ0v) is 10.7. The standard InChI is InChI=1S/C15H14FNO2/c1-10(18)11-4-3-5-13(8-11)17-14-9-12(16)6-7-15(14)19-2/h3-9,17H,1-2H3. The highest BCUT2D eigenvalue weighted by Crippen LogP contribution is 2.28. The molecule has 98 valence electrons. The van der Waals surface area contributed by atoms with Gasteiger partial charge in [0.1, 0.15) is 11.6 Å². The zero-order chi connectivity index (χ0) is 13.8. The van der Waals surface area contributed by atoms with Crippen LogP contribution in [0, 0.1) is 5.82 Å². The molecular formula is C15H14FNO2. The van der Waals surface area contributed by atoms with Crippen LogP contribution in [0.15, 0.2) is 42.5 Å². The lowest BCUT2D eigenvalue weighted by atomic mass is 10.1. The lowest BCUT2D eigenvalue weighted by molar-refractivity contribution is 0.101. The predicted molar refractivity (Wildman–Crippen MR) is 72.7 cm³/mol. The Kier molecular flexibility index (Phi) is 3.80. The molecule has 2 aromatic carbocycles. The molecule has 0 aliphatic rings. The van der Waals surface area contributed by atoms with E-state index in [1.54, 1.807) is 30.3 Å². The summed E-state index contributed by atoms with van der Waals surface area (Å²) in [4.78, 5) is 11.3. The van der Waals surface area contributed by atoms with Crippen molar-refractivity contribution in [2.24, 2.45) is 0 Å². The molecule has 0 aromatic heterocycles. The van der Waals surface area contributed by atoms with Gasteiger partial charge in [0.25, 0.3) is 0 Å². The van der Waals surface area contributed by atoms with Gasteiger partial charge in [-0.25, -0.2) is 4.39 Å². The van der Waals surface area contributed by atoms with Gasteiger partial charge < -0.3 is 10.1 Å². The summed E-state index contributed by atoms with van der Waals surface area (Å²) in [6.45, 7) is 1.50. The highest BCUT2D eigenvalue weighted by Gasteiger charge is 2.06. The first-order chi connectivity index (χ1) is 9.10. The van der Waals surface area contributed by atoms with Gasteiger partial charge in [0.05, 0.1) is 12.8 Å². The topological polar surface area (TPSA) is 38.3 Å². The average Bonchev–Trinajstić information content (AvgIpc) is 2.39. The number of carbonyl (C=O) groups is 1. The van der Waals surface area contributed by atoms with Crippen LogP contribution >= 0.6 is 0 Å². The van der Waals surface area contributed by atoms with E-state index in [2.05, 4.69) is 5.32 Å². The molecule has 3 nitrogen and oxygen atoms in total. The first kappa shape index (κ1) is 13.1. The van der Waals surface area contributed by atoms with Gasteiger partial charge in [-0.1, -0.05) is 12.1 Å². The number of methoxy groups -OCH3 is 1. The largest absolute Gasteiger partial charge is 0.495 e. The van der Waals surface area contributed by atoms with E-state index >= 15 is 0 Å². The van der Waals surface area contributed by atoms with Crippen molar-refractivity contribution < 1.29 is 13.9 Å². The Morgan fingerprint density at radius 3 is 2.68 bits per heavy atom. The van der Waals surface area contributed by atoms with Gasteiger partial charge in [0.2, 0.25) is 0 Å². The summed E-state index contributed by atoms with van der Waals surface area (Å²) in [5.74, 6) is 0.163. The number of halogens is 1. The third kappa shape index (κ3) is 3.10. The number of nitrogens with one attached hydrogen (secondary N) is 1. The quantitative estimate of drug-likeness (QED) is 0.849. The van der Waals surface area contributed by atoms with Gasteiger partial charge in [-0.15, -0.1) is 0 Å². The third-order valence-electron chi connectivity index (χ3n) is 2.71. The molecule has 1 N–H and O–H groups in total. The van der Waals surface area contributed by atoms with Crippen LogP contribution in [0.2, 0.25) is 0 Å². The number of Topliss-reactive ketones (excluding diaryl/α,β-unsaturated/α-hetero) is 1. The number of anilines is 2. The van der Waals surface area contributed by atoms with Crippen molar-refractivity contribution >= 4 is 17.2 Å². The Balaban J connectivity index is 2.33. The predicted octanol–water partition coefficient (Wildman–Crippen LogP) is 3.78. The second kappa shape index (κ2) is 5.52. The summed E-state index contributed by atoms with van der Waals surface area (Å²) < 4.78 is 18.4. The Labute approximate surface area is 111 Å². The van der Waals surface area contributed by atoms with Gasteiger partial charge in [-0.05, 0) is 31.2 Å². The maximum absolute atomic E-state index is 13.2. The minimum Gasteiger partial charge on any atom is -0.495 e. The van der Waals surface area contributed by atoms with E-state index in [0.29, 0.717) is 22.7 Å². The molecule has 2 aromatic rings. The highest BCUT2D eigenvalue weighted by atomic mass is 19.1. The van der Waals surface area contributed by atoms with Crippen molar-refractivity contribution in [1.82, 2.24) is 0 Å². The van der Waals surface area contributed by atoms with Crippen LogP contribution in [0.4, 0.5) is 15.8 Å². The maximum Gasteiger partial charge on any atom is 0.159 e. The fraction of sp³-hybridized carbons (Fsp3) is 0.133. The summed E-state index contributed by atoms with van der Waals surface area (Å²) in [7, 11) is 1.52. The van der Waals surface area contributed by atoms with Crippen molar-refractivity contribution in [2.45, 2.75) is 6.92 Å². The normalized spacial score (nSPS) is 10.1. The second-order valence-corrected chi connectivity index (χ2v) is 4.11. The van der Waals surface area contributed by atoms with E-state index in [1.165, 1.54) is 26.2 Å². The number of hydrogen-bond donors (Lipinski definition) is 1. The van der Waals surface area contributed by atoms with Crippen molar-refractivity contribution in [3.8, 4) is 5.75 Å². The summed E-state index contributed by atoms with van der Waals surface area (Å²) >= 11 is 0. The summed E-state index contributed by atoms with van der Waals surface area (Å²) in [6, 6.07) is 11.2. The molecule has 0 aliphatic heterocycles. The average molecular weight is 259 g/mol. The van der Waals surface area contributed by atoms with Crippen molar-refractivity contribution in [3.63, 3.8) is 0 Å². The number of carbonyl (C=O) groups excluding carboxylic acids is 1. The number of ketones is 1. The molecule has 0 saturated heterocycles. The molecule has 0 radical (unpaired) electrons. The van der Waals surface area contributed by atoms with Gasteiger partial charge in [-0.3, -0.25) is 4.79 Å². The molecule has 0 heterocycles. The summed E-state index contributed by atoms with van der Waals surface area (Å²) in [6.07, 6.45) is 0. The number of rotatable bonds is 4. The SMILES string of the molecule is COc1ccc(F)cc1Nc1cccc(C(C)=O)c1. The fourth-order valence-corrected chi connectivity index (χ4v) is 1.75. The van der Waals surface area contributed by atoms with Crippen molar-refractivity contribution in [1.29, 1.82) is 0 Å². The molecule has 0 amide bonds. The van der Waals surface area contributed by atoms with Crippen LogP contribution < -0.4 is 10.1 Å². The van der Waals surface area contributed by atoms with E-state index in [-0.39, 0.29) is 11.6 Å². The van der Waals surface area contributed by atoms with Gasteiger partial charge >= 0.3 is 0 Å². The molecule has 0 fully saturated rings. The Bertz CT molecular complexity index is 611. The zero-order valence-electron chi connectivity index (χ0n) is 10.7. The van der Waals surface area contributed by atoms with Gasteiger partial charge in [0, 0.05) is 17.3 Å². The monoisotopic (exact) mass is 259 g/mol. The molecule has 0 saturated carbocycles. The van der Waals surface area contributed by atoms with Crippen LogP contribution in [-0.2, 0) is 0 Å². The van der Waals surface area contributed by atoms with E-state index < -0.39 is 0 Å². The third-order valence-corrected chi connectivity index (χ3v) is 2.71. The summed E-state index contributed by atoms with van der Waals surface area (Å²) in [5.41, 5.74) is 1.82. The second-order valence-electron chi connectivity index (χ2n) is 4.11. The number of hydrogen-bond acceptors (Lipinski definition) is 3. The highest BCUT2D eigenvalue weighted by molar-refractivity contribution is 5.95. The molecule has 0 unspecified atom stereocenters. The number of ether oxygens (including phenoxy) is 1. The van der Waals surface area contributed by atoms with E-state index in [1.807, 2.05) is 0 Å². The molecule has 0 bridgehead atoms. The maximum atomic E-state index is 13.2. The van der Waals surface area contributed by atoms with Gasteiger partial charge in [0.15, 0.2) is 5.78 Å². The van der Waals surface area contributed by atoms with E-state index in [9.17, 15) is 9.18 Å². The summed E-state index contributed by atoms with van der Waals surface area (Å²) in [5, 5.41) is 3.04. The molecule has 2 rings (SSSR count). The minimum absolute atomic E-state index is 0.0187. The molecule has 19 heavy (non-hydrogen) atoms. The Hall–Kier alpha value is -2.36. The van der Waals surface area contributed by atoms with E-state index in [0.717, 1.165) is 0 Å². The first-order valence-corrected chi connectivity index (χ1v) is 5.81. The van der Waals surface area contributed by atoms with Gasteiger partial charge in [-0.2, -0.15) is 0 Å². The lowest BCUT2D eigenvalue weighted by Gasteiger charge is -2.11. The molecular weight excluding hydrogens is 245 g/mol. The fourth-order valence-electron chi connectivity index (χ4n) is 1.75. The molecule has 0 atom stereocenters. The first-order valence-electron chi connectivity index (χ1n) is 5.81. The van der Waals surface area contributed by atoms with Crippen LogP contribution in [0.1, 0.15) is 17.3 Å². The van der Waals surface area contributed by atoms with Crippen LogP contribution in [0.3, 0.4) is 0 Å². The molecule has 4 heteroatoms. The van der Waals surface area contributed by atoms with Crippen molar-refractivity contribution in [3.05, 3.63) is 53.8 Å². The van der Waals surface area contributed by atoms with Crippen molar-refractivity contribution in [2.75, 3.05) is 12.4 Å². The van der Waals surface area contributed by atoms with E-state index in [4.69, 9.17) is 4.74 Å². The molecule has 0 spiro atoms. The van der Waals surface area contributed by atoms with Crippen LogP contribution in [0.5, 0.6) is 5.75 Å². The smallest absolute Gasteiger partial charge is 0.159 e. The Morgan fingerprint density at radius 1 is 1.21 bits per heavy atom.